The predicted octanol–water partition coefficient (Wildman–Crippen LogP) is -1.29. The minimum Gasteiger partial charge on any atom is -0.305 e. The van der Waals surface area contributed by atoms with Crippen LogP contribution in [-0.2, 0) is 11.3 Å². The molecular formula is C8H8N4O2. The predicted molar refractivity (Wildman–Crippen MR) is 47.7 cm³/mol. The van der Waals surface area contributed by atoms with Gasteiger partial charge in [0.1, 0.15) is 12.6 Å². The van der Waals surface area contributed by atoms with Crippen molar-refractivity contribution in [2.24, 2.45) is 5.84 Å². The summed E-state index contributed by atoms with van der Waals surface area (Å²) < 4.78 is 1.11. The Morgan fingerprint density at radius 1 is 1.64 bits per heavy atom. The molecule has 0 aliphatic heterocycles. The molecule has 0 fully saturated rings. The van der Waals surface area contributed by atoms with Crippen LogP contribution in [0.2, 0.25) is 0 Å². The molecule has 0 aliphatic rings. The van der Waals surface area contributed by atoms with Crippen molar-refractivity contribution in [3.05, 3.63) is 34.2 Å². The summed E-state index contributed by atoms with van der Waals surface area (Å²) in [6.45, 7) is -0.190. The lowest BCUT2D eigenvalue weighted by molar-refractivity contribution is -0.121. The van der Waals surface area contributed by atoms with Gasteiger partial charge in [-0.05, 0) is 6.07 Å². The molecule has 1 amide bonds. The van der Waals surface area contributed by atoms with Gasteiger partial charge in [-0.15, -0.1) is 0 Å². The number of aromatic nitrogens is 1. The topological polar surface area (TPSA) is 101 Å². The molecule has 3 N–H and O–H groups in total. The molecule has 0 aromatic carbocycles. The van der Waals surface area contributed by atoms with E-state index in [1.165, 1.54) is 18.3 Å². The minimum absolute atomic E-state index is 0.190. The SMILES string of the molecule is N#Cc1ccc(=O)n(CC(=O)NN)c1. The van der Waals surface area contributed by atoms with Gasteiger partial charge in [-0.1, -0.05) is 0 Å². The molecule has 0 saturated heterocycles. The van der Waals surface area contributed by atoms with E-state index in [0.29, 0.717) is 5.56 Å². The first-order valence-electron chi connectivity index (χ1n) is 3.77. The maximum absolute atomic E-state index is 11.2. The molecule has 1 aromatic heterocycles. The smallest absolute Gasteiger partial charge is 0.253 e. The number of hydrogen-bond acceptors (Lipinski definition) is 4. The van der Waals surface area contributed by atoms with Crippen molar-refractivity contribution in [1.29, 1.82) is 5.26 Å². The van der Waals surface area contributed by atoms with Gasteiger partial charge in [0, 0.05) is 12.3 Å². The second-order valence-corrected chi connectivity index (χ2v) is 2.56. The summed E-state index contributed by atoms with van der Waals surface area (Å²) in [6, 6.07) is 4.48. The number of nitrogens with zero attached hydrogens (tertiary/aromatic N) is 2. The fraction of sp³-hybridized carbons (Fsp3) is 0.125. The van der Waals surface area contributed by atoms with E-state index in [0.717, 1.165) is 4.57 Å². The van der Waals surface area contributed by atoms with Gasteiger partial charge in [0.2, 0.25) is 0 Å². The van der Waals surface area contributed by atoms with Gasteiger partial charge in [0.15, 0.2) is 0 Å². The standard InChI is InChI=1S/C8H8N4O2/c9-3-6-1-2-8(14)12(4-6)5-7(13)11-10/h1-2,4H,5,10H2,(H,11,13). The zero-order valence-electron chi connectivity index (χ0n) is 7.23. The maximum Gasteiger partial charge on any atom is 0.253 e. The fourth-order valence-electron chi connectivity index (χ4n) is 0.921. The first-order valence-corrected chi connectivity index (χ1v) is 3.77. The molecule has 6 heteroatoms. The van der Waals surface area contributed by atoms with E-state index < -0.39 is 5.91 Å². The molecule has 0 bridgehead atoms. The number of carbonyl (C=O) groups excluding carboxylic acids is 1. The molecule has 1 rings (SSSR count). The van der Waals surface area contributed by atoms with E-state index in [1.54, 1.807) is 0 Å². The zero-order valence-corrected chi connectivity index (χ0v) is 7.23. The quantitative estimate of drug-likeness (QED) is 0.346. The van der Waals surface area contributed by atoms with Gasteiger partial charge in [0.05, 0.1) is 5.56 Å². The molecule has 6 nitrogen and oxygen atoms in total. The average molecular weight is 192 g/mol. The van der Waals surface area contributed by atoms with Crippen molar-refractivity contribution in [1.82, 2.24) is 9.99 Å². The van der Waals surface area contributed by atoms with E-state index in [9.17, 15) is 9.59 Å². The van der Waals surface area contributed by atoms with Gasteiger partial charge in [-0.25, -0.2) is 5.84 Å². The van der Waals surface area contributed by atoms with Gasteiger partial charge in [0.25, 0.3) is 11.5 Å². The number of carbonyl (C=O) groups is 1. The van der Waals surface area contributed by atoms with Gasteiger partial charge >= 0.3 is 0 Å². The zero-order chi connectivity index (χ0) is 10.6. The molecule has 1 aromatic rings. The van der Waals surface area contributed by atoms with Crippen molar-refractivity contribution < 1.29 is 4.79 Å². The Kier molecular flexibility index (Phi) is 2.99. The van der Waals surface area contributed by atoms with Crippen LogP contribution in [0.15, 0.2) is 23.1 Å². The number of rotatable bonds is 2. The summed E-state index contributed by atoms with van der Waals surface area (Å²) in [6.07, 6.45) is 1.30. The number of hydrogen-bond donors (Lipinski definition) is 2. The molecular weight excluding hydrogens is 184 g/mol. The van der Waals surface area contributed by atoms with Crippen LogP contribution in [0, 0.1) is 11.3 Å². The molecule has 0 radical (unpaired) electrons. The van der Waals surface area contributed by atoms with E-state index in [1.807, 2.05) is 11.5 Å². The van der Waals surface area contributed by atoms with Crippen LogP contribution < -0.4 is 16.8 Å². The lowest BCUT2D eigenvalue weighted by atomic mass is 10.3. The molecule has 0 aliphatic carbocycles. The fourth-order valence-corrected chi connectivity index (χ4v) is 0.921. The van der Waals surface area contributed by atoms with Crippen LogP contribution in [0.25, 0.3) is 0 Å². The van der Waals surface area contributed by atoms with Crippen molar-refractivity contribution in [3.8, 4) is 6.07 Å². The van der Waals surface area contributed by atoms with Crippen LogP contribution in [0.3, 0.4) is 0 Å². The molecule has 72 valence electrons. The molecule has 1 heterocycles. The molecule has 14 heavy (non-hydrogen) atoms. The Labute approximate surface area is 79.5 Å². The summed E-state index contributed by atoms with van der Waals surface area (Å²) >= 11 is 0. The van der Waals surface area contributed by atoms with Crippen LogP contribution in [0.5, 0.6) is 0 Å². The highest BCUT2D eigenvalue weighted by Gasteiger charge is 2.02. The molecule has 0 spiro atoms. The third kappa shape index (κ3) is 2.18. The Morgan fingerprint density at radius 2 is 2.36 bits per heavy atom. The highest BCUT2D eigenvalue weighted by molar-refractivity contribution is 5.74. The normalized spacial score (nSPS) is 9.14. The van der Waals surface area contributed by atoms with E-state index in [2.05, 4.69) is 0 Å². The Morgan fingerprint density at radius 3 is 2.93 bits per heavy atom. The lowest BCUT2D eigenvalue weighted by Gasteiger charge is -2.03. The number of amides is 1. The Hall–Kier alpha value is -2.13. The summed E-state index contributed by atoms with van der Waals surface area (Å²) in [4.78, 5) is 22.0. The van der Waals surface area contributed by atoms with Gasteiger partial charge < -0.3 is 4.57 Å². The van der Waals surface area contributed by atoms with Gasteiger partial charge in [-0.2, -0.15) is 5.26 Å². The van der Waals surface area contributed by atoms with Crippen LogP contribution in [-0.4, -0.2) is 10.5 Å². The van der Waals surface area contributed by atoms with Gasteiger partial charge in [-0.3, -0.25) is 15.0 Å². The monoisotopic (exact) mass is 192 g/mol. The second-order valence-electron chi connectivity index (χ2n) is 2.56. The molecule has 0 atom stereocenters. The number of nitriles is 1. The summed E-state index contributed by atoms with van der Waals surface area (Å²) in [5.41, 5.74) is 1.86. The van der Waals surface area contributed by atoms with Crippen molar-refractivity contribution >= 4 is 5.91 Å². The highest BCUT2D eigenvalue weighted by Crippen LogP contribution is 1.92. The van der Waals surface area contributed by atoms with Crippen molar-refractivity contribution in [2.75, 3.05) is 0 Å². The van der Waals surface area contributed by atoms with Crippen LogP contribution in [0.1, 0.15) is 5.56 Å². The summed E-state index contributed by atoms with van der Waals surface area (Å²) in [5.74, 6) is 4.36. The second kappa shape index (κ2) is 4.20. The average Bonchev–Trinajstić information content (AvgIpc) is 2.21. The van der Waals surface area contributed by atoms with Crippen molar-refractivity contribution in [3.63, 3.8) is 0 Å². The summed E-state index contributed by atoms with van der Waals surface area (Å²) in [5, 5.41) is 8.55. The summed E-state index contributed by atoms with van der Waals surface area (Å²) in [7, 11) is 0. The van der Waals surface area contributed by atoms with Crippen molar-refractivity contribution in [2.45, 2.75) is 6.54 Å². The number of hydrazine groups is 1. The van der Waals surface area contributed by atoms with E-state index in [-0.39, 0.29) is 12.1 Å². The highest BCUT2D eigenvalue weighted by atomic mass is 16.2. The number of nitrogens with one attached hydrogen (secondary N) is 1. The van der Waals surface area contributed by atoms with E-state index in [4.69, 9.17) is 11.1 Å². The Balaban J connectivity index is 3.02. The number of pyridine rings is 1. The first-order chi connectivity index (χ1) is 6.67. The minimum atomic E-state index is -0.498. The third-order valence-corrected chi connectivity index (χ3v) is 1.59. The third-order valence-electron chi connectivity index (χ3n) is 1.59. The molecule has 0 saturated carbocycles. The Bertz CT molecular complexity index is 443. The largest absolute Gasteiger partial charge is 0.305 e. The first kappa shape index (κ1) is 9.95. The van der Waals surface area contributed by atoms with Crippen LogP contribution >= 0.6 is 0 Å². The maximum atomic E-state index is 11.2. The lowest BCUT2D eigenvalue weighted by Crippen LogP contribution is -2.36. The number of nitrogens with two attached hydrogens (primary N) is 1. The van der Waals surface area contributed by atoms with Crippen LogP contribution in [0.4, 0.5) is 0 Å². The molecule has 0 unspecified atom stereocenters. The van der Waals surface area contributed by atoms with E-state index >= 15 is 0 Å².